The van der Waals surface area contributed by atoms with Gasteiger partial charge < -0.3 is 12.4 Å². The predicted octanol–water partition coefficient (Wildman–Crippen LogP) is 3.16. The van der Waals surface area contributed by atoms with E-state index in [0.29, 0.717) is 0 Å². The molecule has 0 aliphatic heterocycles. The number of rotatable bonds is 0. The van der Waals surface area contributed by atoms with Crippen LogP contribution >= 0.6 is 0 Å². The van der Waals surface area contributed by atoms with Crippen molar-refractivity contribution in [3.8, 4) is 0 Å². The Morgan fingerprint density at radius 1 is 0.318 bits per heavy atom. The maximum atomic E-state index is 2.20. The molecule has 22 heavy (non-hydrogen) atoms. The third-order valence-corrected chi connectivity index (χ3v) is 5.62. The third kappa shape index (κ3) is 4.46. The van der Waals surface area contributed by atoms with Gasteiger partial charge in [0.05, 0.1) is 0 Å². The van der Waals surface area contributed by atoms with Crippen molar-refractivity contribution >= 4 is 19.8 Å². The van der Waals surface area contributed by atoms with E-state index in [-0.39, 0.29) is 32.2 Å². The molecule has 0 saturated heterocycles. The Hall–Kier alpha value is -0.114. The second-order valence-corrected chi connectivity index (χ2v) is 6.25. The first kappa shape index (κ1) is 24.1. The van der Waals surface area contributed by atoms with Crippen molar-refractivity contribution in [2.45, 2.75) is 69.2 Å². The van der Waals surface area contributed by atoms with Gasteiger partial charge in [0.15, 0.2) is 0 Å². The molecule has 2 heteroatoms. The molecule has 0 spiro atoms. The van der Waals surface area contributed by atoms with Crippen molar-refractivity contribution in [2.24, 2.45) is 0 Å². The summed E-state index contributed by atoms with van der Waals surface area (Å²) in [4.78, 5) is 0. The Balaban J connectivity index is 0. The molecule has 2 aliphatic rings. The number of hydrogen-bond acceptors (Lipinski definition) is 0. The number of allylic oxidation sites excluding steroid dienone is 8. The van der Waals surface area contributed by atoms with Crippen molar-refractivity contribution < 1.29 is 12.4 Å². The van der Waals surface area contributed by atoms with Crippen LogP contribution in [0.15, 0.2) is 44.6 Å². The van der Waals surface area contributed by atoms with Gasteiger partial charge in [-0.1, -0.05) is 36.1 Å². The molecule has 0 amide bonds. The third-order valence-electron chi connectivity index (χ3n) is 5.62. The van der Waals surface area contributed by atoms with E-state index >= 15 is 0 Å². The number of hydrogen-bond donors (Lipinski definition) is 0. The summed E-state index contributed by atoms with van der Waals surface area (Å²) in [6.45, 7) is 22.0. The second kappa shape index (κ2) is 9.25. The van der Waals surface area contributed by atoms with E-state index in [1.54, 1.807) is 0 Å². The molecule has 0 heterocycles. The molecule has 2 rings (SSSR count). The molecular weight excluding hydrogens is 345 g/mol. The molecule has 0 unspecified atom stereocenters. The van der Waals surface area contributed by atoms with Gasteiger partial charge in [0, 0.05) is 31.6 Å². The van der Waals surface area contributed by atoms with Gasteiger partial charge in [-0.25, -0.2) is 0 Å². The van der Waals surface area contributed by atoms with E-state index in [2.05, 4.69) is 69.2 Å². The quantitative estimate of drug-likeness (QED) is 0.571. The van der Waals surface area contributed by atoms with Crippen molar-refractivity contribution in [3.63, 3.8) is 0 Å². The van der Waals surface area contributed by atoms with Gasteiger partial charge >= 0.3 is 0 Å². The summed E-state index contributed by atoms with van der Waals surface area (Å²) >= 11 is 0. The molecule has 5 radical (unpaired) electrons. The predicted molar refractivity (Wildman–Crippen MR) is 97.1 cm³/mol. The molecule has 0 fully saturated rings. The molecule has 0 aromatic carbocycles. The Morgan fingerprint density at radius 2 is 0.455 bits per heavy atom. The minimum atomic E-state index is 0. The van der Waals surface area contributed by atoms with Crippen molar-refractivity contribution in [2.75, 3.05) is 0 Å². The number of halogens is 1. The summed E-state index contributed by atoms with van der Waals surface area (Å²) in [7, 11) is 0. The average Bonchev–Trinajstić information content (AvgIpc) is 2.71. The van der Waals surface area contributed by atoms with Crippen molar-refractivity contribution in [1.29, 1.82) is 0 Å². The van der Waals surface area contributed by atoms with E-state index in [0.717, 1.165) is 0 Å². The van der Waals surface area contributed by atoms with E-state index in [9.17, 15) is 0 Å². The first-order valence-electron chi connectivity index (χ1n) is 7.50. The average molecular weight is 376 g/mol. The summed E-state index contributed by atoms with van der Waals surface area (Å²) in [5.74, 6) is 2.94. The zero-order valence-corrected chi connectivity index (χ0v) is 19.1. The minimum absolute atomic E-state index is 0. The zero-order valence-electron chi connectivity index (χ0n) is 16.0. The molecule has 121 valence electrons. The van der Waals surface area contributed by atoms with Gasteiger partial charge in [0.1, 0.15) is 0 Å². The van der Waals surface area contributed by atoms with Crippen LogP contribution < -0.4 is 12.4 Å². The molecule has 0 N–H and O–H groups in total. The molecule has 0 saturated carbocycles. The van der Waals surface area contributed by atoms with Gasteiger partial charge in [-0.3, -0.25) is 0 Å². The van der Waals surface area contributed by atoms with Crippen LogP contribution in [0.1, 0.15) is 69.2 Å². The Labute approximate surface area is 157 Å². The molecule has 0 aromatic heterocycles. The van der Waals surface area contributed by atoms with Gasteiger partial charge in [-0.15, -0.1) is 0 Å². The fourth-order valence-corrected chi connectivity index (χ4v) is 2.81. The molecule has 0 bridgehead atoms. The van der Waals surface area contributed by atoms with E-state index in [4.69, 9.17) is 0 Å². The smallest absolute Gasteiger partial charge is 0.0226 e. The van der Waals surface area contributed by atoms with Crippen LogP contribution in [0, 0.1) is 11.8 Å². The SMILES string of the molecule is C[C]1C(C)=C(C)C(C)=C1C.C[C]1C(C)=C(C)C(C)=C1C.[Cl-].[Ga]. The van der Waals surface area contributed by atoms with Gasteiger partial charge in [-0.2, -0.15) is 0 Å². The van der Waals surface area contributed by atoms with Crippen LogP contribution in [0.5, 0.6) is 0 Å². The van der Waals surface area contributed by atoms with Crippen molar-refractivity contribution in [1.82, 2.24) is 0 Å². The zero-order chi connectivity index (χ0) is 15.8. The first-order valence-corrected chi connectivity index (χ1v) is 7.50. The molecule has 0 nitrogen and oxygen atoms in total. The van der Waals surface area contributed by atoms with E-state index in [1.807, 2.05) is 0 Å². The van der Waals surface area contributed by atoms with Crippen LogP contribution in [-0.4, -0.2) is 19.8 Å². The maximum absolute atomic E-state index is 2.20. The molecular formula is C20H30ClGa-. The fraction of sp³-hybridized carbons (Fsp3) is 0.500. The van der Waals surface area contributed by atoms with E-state index in [1.165, 1.54) is 56.4 Å². The summed E-state index contributed by atoms with van der Waals surface area (Å²) in [5, 5.41) is 0. The van der Waals surface area contributed by atoms with Gasteiger partial charge in [-0.05, 0) is 77.7 Å². The fourth-order valence-electron chi connectivity index (χ4n) is 2.81. The summed E-state index contributed by atoms with van der Waals surface area (Å²) in [5.41, 5.74) is 11.7. The minimum Gasteiger partial charge on any atom is -1.00 e. The normalized spacial score (nSPS) is 19.4. The maximum Gasteiger partial charge on any atom is 0.0226 e. The molecule has 2 aliphatic carbocycles. The van der Waals surface area contributed by atoms with Crippen LogP contribution in [0.4, 0.5) is 0 Å². The van der Waals surface area contributed by atoms with E-state index < -0.39 is 0 Å². The monoisotopic (exact) mass is 374 g/mol. The largest absolute Gasteiger partial charge is 1.00 e. The second-order valence-electron chi connectivity index (χ2n) is 6.25. The van der Waals surface area contributed by atoms with Crippen LogP contribution in [0.25, 0.3) is 0 Å². The summed E-state index contributed by atoms with van der Waals surface area (Å²) in [6, 6.07) is 0. The summed E-state index contributed by atoms with van der Waals surface area (Å²) < 4.78 is 0. The van der Waals surface area contributed by atoms with Crippen LogP contribution in [0.3, 0.4) is 0 Å². The first-order chi connectivity index (χ1) is 9.11. The van der Waals surface area contributed by atoms with Crippen LogP contribution in [0.2, 0.25) is 0 Å². The molecule has 0 aromatic rings. The van der Waals surface area contributed by atoms with Gasteiger partial charge in [0.2, 0.25) is 0 Å². The Bertz CT molecular complexity index is 446. The van der Waals surface area contributed by atoms with Crippen LogP contribution in [-0.2, 0) is 0 Å². The topological polar surface area (TPSA) is 0 Å². The summed E-state index contributed by atoms with van der Waals surface area (Å²) in [6.07, 6.45) is 0. The Kier molecular flexibility index (Phi) is 10.1. The Morgan fingerprint density at radius 3 is 0.500 bits per heavy atom. The molecule has 0 atom stereocenters. The van der Waals surface area contributed by atoms with Gasteiger partial charge in [0.25, 0.3) is 0 Å². The standard InChI is InChI=1S/2C10H15.ClH.Ga/c2*1-6-7(2)9(4)10(5)8(6)3;;/h2*1-5H3;1H;/p-1. The van der Waals surface area contributed by atoms with Crippen molar-refractivity contribution in [3.05, 3.63) is 56.4 Å².